The van der Waals surface area contributed by atoms with E-state index in [9.17, 15) is 13.2 Å². The Hall–Kier alpha value is -1.41. The lowest BCUT2D eigenvalue weighted by Gasteiger charge is -2.16. The second kappa shape index (κ2) is 5.53. The van der Waals surface area contributed by atoms with Gasteiger partial charge < -0.3 is 9.67 Å². The van der Waals surface area contributed by atoms with Gasteiger partial charge in [0.2, 0.25) is 0 Å². The summed E-state index contributed by atoms with van der Waals surface area (Å²) < 4.78 is 28.5. The van der Waals surface area contributed by atoms with Crippen LogP contribution in [0.1, 0.15) is 32.5 Å². The average molecular weight is 301 g/mol. The number of hydrogen-bond acceptors (Lipinski definition) is 4. The zero-order valence-electron chi connectivity index (χ0n) is 11.5. The molecule has 0 aliphatic carbocycles. The third-order valence-corrected chi connectivity index (χ3v) is 4.73. The molecular weight excluding hydrogens is 282 g/mol. The highest BCUT2D eigenvalue weighted by Crippen LogP contribution is 2.20. The molecule has 0 saturated heterocycles. The standard InChI is InChI=1S/C12H19N3O4S/c1-8(2)6-9(12(16)17)14-20(18,19)11-7-13-10-4-3-5-15(10)11/h7-9,14H,3-6H2,1-2H3,(H,16,17)/t9-/m1/s1. The molecule has 2 N–H and O–H groups in total. The number of aryl methyl sites for hydroxylation is 1. The van der Waals surface area contributed by atoms with Gasteiger partial charge in [-0.05, 0) is 18.8 Å². The Morgan fingerprint density at radius 3 is 2.85 bits per heavy atom. The minimum atomic E-state index is -3.86. The molecular formula is C12H19N3O4S. The van der Waals surface area contributed by atoms with Crippen LogP contribution in [0.3, 0.4) is 0 Å². The van der Waals surface area contributed by atoms with E-state index in [1.54, 1.807) is 4.57 Å². The summed E-state index contributed by atoms with van der Waals surface area (Å²) in [6, 6.07) is -1.12. The molecule has 7 nitrogen and oxygen atoms in total. The van der Waals surface area contributed by atoms with Crippen molar-refractivity contribution in [3.8, 4) is 0 Å². The number of aliphatic carboxylic acids is 1. The maximum atomic E-state index is 12.3. The zero-order valence-corrected chi connectivity index (χ0v) is 12.4. The van der Waals surface area contributed by atoms with Crippen LogP contribution in [0, 0.1) is 5.92 Å². The number of rotatable bonds is 6. The SMILES string of the molecule is CC(C)C[C@@H](NS(=O)(=O)c1cnc2n1CCC2)C(=O)O. The van der Waals surface area contributed by atoms with Gasteiger partial charge in [-0.1, -0.05) is 13.8 Å². The number of aromatic nitrogens is 2. The van der Waals surface area contributed by atoms with E-state index in [0.29, 0.717) is 6.54 Å². The Labute approximate surface area is 118 Å². The first-order chi connectivity index (χ1) is 9.31. The van der Waals surface area contributed by atoms with Crippen molar-refractivity contribution in [1.29, 1.82) is 0 Å². The van der Waals surface area contributed by atoms with Gasteiger partial charge in [-0.3, -0.25) is 4.79 Å². The van der Waals surface area contributed by atoms with Gasteiger partial charge in [0.05, 0.1) is 6.20 Å². The van der Waals surface area contributed by atoms with E-state index in [2.05, 4.69) is 9.71 Å². The molecule has 1 aromatic heterocycles. The van der Waals surface area contributed by atoms with Crippen LogP contribution in [-0.2, 0) is 27.8 Å². The van der Waals surface area contributed by atoms with Gasteiger partial charge in [-0.2, -0.15) is 4.72 Å². The van der Waals surface area contributed by atoms with Gasteiger partial charge in [0.15, 0.2) is 5.03 Å². The van der Waals surface area contributed by atoms with E-state index in [0.717, 1.165) is 18.7 Å². The highest BCUT2D eigenvalue weighted by molar-refractivity contribution is 7.89. The van der Waals surface area contributed by atoms with E-state index >= 15 is 0 Å². The smallest absolute Gasteiger partial charge is 0.321 e. The number of sulfonamides is 1. The summed E-state index contributed by atoms with van der Waals surface area (Å²) in [5.41, 5.74) is 0. The Morgan fingerprint density at radius 2 is 2.25 bits per heavy atom. The monoisotopic (exact) mass is 301 g/mol. The lowest BCUT2D eigenvalue weighted by Crippen LogP contribution is -2.42. The van der Waals surface area contributed by atoms with Gasteiger partial charge in [-0.15, -0.1) is 0 Å². The van der Waals surface area contributed by atoms with Crippen LogP contribution in [0.25, 0.3) is 0 Å². The van der Waals surface area contributed by atoms with Crippen molar-refractivity contribution >= 4 is 16.0 Å². The molecule has 2 heterocycles. The van der Waals surface area contributed by atoms with Crippen LogP contribution < -0.4 is 4.72 Å². The first-order valence-electron chi connectivity index (χ1n) is 6.61. The fourth-order valence-corrected chi connectivity index (χ4v) is 3.73. The molecule has 2 rings (SSSR count). The zero-order chi connectivity index (χ0) is 14.9. The number of carbonyl (C=O) groups is 1. The fourth-order valence-electron chi connectivity index (χ4n) is 2.36. The molecule has 1 atom stereocenters. The van der Waals surface area contributed by atoms with Gasteiger partial charge in [0.1, 0.15) is 11.9 Å². The number of imidazole rings is 1. The Balaban J connectivity index is 2.23. The van der Waals surface area contributed by atoms with Crippen molar-refractivity contribution in [2.75, 3.05) is 0 Å². The van der Waals surface area contributed by atoms with Crippen LogP contribution in [0.5, 0.6) is 0 Å². The molecule has 20 heavy (non-hydrogen) atoms. The summed E-state index contributed by atoms with van der Waals surface area (Å²) in [5, 5.41) is 9.18. The van der Waals surface area contributed by atoms with Crippen molar-refractivity contribution in [1.82, 2.24) is 14.3 Å². The molecule has 0 unspecified atom stereocenters. The maximum Gasteiger partial charge on any atom is 0.321 e. The highest BCUT2D eigenvalue weighted by Gasteiger charge is 2.30. The van der Waals surface area contributed by atoms with Crippen molar-refractivity contribution in [3.63, 3.8) is 0 Å². The van der Waals surface area contributed by atoms with E-state index in [-0.39, 0.29) is 17.4 Å². The molecule has 0 aromatic carbocycles. The van der Waals surface area contributed by atoms with Crippen LogP contribution in [0.4, 0.5) is 0 Å². The van der Waals surface area contributed by atoms with E-state index in [1.165, 1.54) is 6.20 Å². The first-order valence-corrected chi connectivity index (χ1v) is 8.09. The minimum absolute atomic E-state index is 0.0556. The van der Waals surface area contributed by atoms with Gasteiger partial charge in [0.25, 0.3) is 10.0 Å². The van der Waals surface area contributed by atoms with E-state index < -0.39 is 22.0 Å². The van der Waals surface area contributed by atoms with Crippen LogP contribution in [0.15, 0.2) is 11.2 Å². The summed E-state index contributed by atoms with van der Waals surface area (Å²) in [5.74, 6) is -0.348. The summed E-state index contributed by atoms with van der Waals surface area (Å²) in [6.07, 6.45) is 3.16. The minimum Gasteiger partial charge on any atom is -0.480 e. The van der Waals surface area contributed by atoms with Crippen molar-refractivity contribution in [2.24, 2.45) is 5.92 Å². The highest BCUT2D eigenvalue weighted by atomic mass is 32.2. The maximum absolute atomic E-state index is 12.3. The number of carboxylic acids is 1. The first kappa shape index (κ1) is 15.0. The Kier molecular flexibility index (Phi) is 4.14. The molecule has 1 aromatic rings. The van der Waals surface area contributed by atoms with Gasteiger partial charge >= 0.3 is 5.97 Å². The van der Waals surface area contributed by atoms with Crippen molar-refractivity contribution in [2.45, 2.75) is 50.7 Å². The lowest BCUT2D eigenvalue weighted by atomic mass is 10.1. The second-order valence-electron chi connectivity index (χ2n) is 5.41. The summed E-state index contributed by atoms with van der Waals surface area (Å²) in [7, 11) is -3.86. The topological polar surface area (TPSA) is 101 Å². The Morgan fingerprint density at radius 1 is 1.55 bits per heavy atom. The number of fused-ring (bicyclic) bond motifs is 1. The number of carboxylic acid groups (broad SMARTS) is 1. The summed E-state index contributed by atoms with van der Waals surface area (Å²) >= 11 is 0. The summed E-state index contributed by atoms with van der Waals surface area (Å²) in [6.45, 7) is 4.30. The molecule has 0 spiro atoms. The molecule has 1 aliphatic rings. The molecule has 0 radical (unpaired) electrons. The fraction of sp³-hybridized carbons (Fsp3) is 0.667. The molecule has 112 valence electrons. The van der Waals surface area contributed by atoms with Crippen molar-refractivity contribution in [3.05, 3.63) is 12.0 Å². The van der Waals surface area contributed by atoms with Crippen LogP contribution in [-0.4, -0.2) is 35.1 Å². The average Bonchev–Trinajstić information content (AvgIpc) is 2.87. The second-order valence-corrected chi connectivity index (χ2v) is 7.07. The van der Waals surface area contributed by atoms with Crippen molar-refractivity contribution < 1.29 is 18.3 Å². The van der Waals surface area contributed by atoms with Gasteiger partial charge in [0, 0.05) is 13.0 Å². The third-order valence-electron chi connectivity index (χ3n) is 3.26. The van der Waals surface area contributed by atoms with Gasteiger partial charge in [-0.25, -0.2) is 13.4 Å². The largest absolute Gasteiger partial charge is 0.480 e. The normalized spacial score (nSPS) is 16.4. The van der Waals surface area contributed by atoms with Crippen LogP contribution >= 0.6 is 0 Å². The van der Waals surface area contributed by atoms with Crippen LogP contribution in [0.2, 0.25) is 0 Å². The number of hydrogen-bond donors (Lipinski definition) is 2. The van der Waals surface area contributed by atoms with E-state index in [1.807, 2.05) is 13.8 Å². The number of nitrogens with zero attached hydrogens (tertiary/aromatic N) is 2. The molecule has 0 saturated carbocycles. The Bertz CT molecular complexity index is 606. The predicted octanol–water partition coefficient (Wildman–Crippen LogP) is 0.607. The molecule has 0 amide bonds. The predicted molar refractivity (Wildman–Crippen MR) is 71.7 cm³/mol. The molecule has 8 heteroatoms. The molecule has 1 aliphatic heterocycles. The lowest BCUT2D eigenvalue weighted by molar-refractivity contribution is -0.139. The molecule has 0 bridgehead atoms. The summed E-state index contributed by atoms with van der Waals surface area (Å²) in [4.78, 5) is 15.2. The number of nitrogens with one attached hydrogen (secondary N) is 1. The third kappa shape index (κ3) is 3.01. The molecule has 0 fully saturated rings. The van der Waals surface area contributed by atoms with E-state index in [4.69, 9.17) is 5.11 Å². The quantitative estimate of drug-likeness (QED) is 0.801.